The molecule has 1 amide bonds. The zero-order chi connectivity index (χ0) is 20.6. The fraction of sp³-hybridized carbons (Fsp3) is 0.840. The van der Waals surface area contributed by atoms with E-state index in [1.54, 1.807) is 11.3 Å². The predicted octanol–water partition coefficient (Wildman–Crippen LogP) is 5.89. The van der Waals surface area contributed by atoms with Gasteiger partial charge >= 0.3 is 0 Å². The highest BCUT2D eigenvalue weighted by molar-refractivity contribution is 7.09. The van der Waals surface area contributed by atoms with Crippen molar-refractivity contribution < 1.29 is 4.79 Å². The molecule has 1 saturated heterocycles. The number of nitrogens with one attached hydrogen (secondary N) is 1. The van der Waals surface area contributed by atoms with Gasteiger partial charge in [0.15, 0.2) is 0 Å². The van der Waals surface area contributed by atoms with Crippen molar-refractivity contribution in [2.24, 2.45) is 5.92 Å². The van der Waals surface area contributed by atoms with E-state index in [-0.39, 0.29) is 11.4 Å². The predicted molar refractivity (Wildman–Crippen MR) is 123 cm³/mol. The lowest BCUT2D eigenvalue weighted by Crippen LogP contribution is -2.47. The van der Waals surface area contributed by atoms with Crippen LogP contribution in [0.25, 0.3) is 0 Å². The van der Waals surface area contributed by atoms with Crippen molar-refractivity contribution >= 4 is 17.2 Å². The van der Waals surface area contributed by atoms with E-state index in [2.05, 4.69) is 17.1 Å². The molecule has 0 radical (unpaired) electrons. The molecule has 2 heterocycles. The lowest BCUT2D eigenvalue weighted by Gasteiger charge is -2.43. The van der Waals surface area contributed by atoms with Gasteiger partial charge in [0.2, 0.25) is 0 Å². The van der Waals surface area contributed by atoms with Crippen molar-refractivity contribution in [3.8, 4) is 0 Å². The number of hydrogen-bond donors (Lipinski definition) is 1. The average Bonchev–Trinajstić information content (AvgIpc) is 3.39. The molecule has 1 aliphatic heterocycles. The van der Waals surface area contributed by atoms with E-state index in [1.165, 1.54) is 88.6 Å². The van der Waals surface area contributed by atoms with Crippen molar-refractivity contribution in [2.45, 2.75) is 120 Å². The van der Waals surface area contributed by atoms with Gasteiger partial charge in [-0.25, -0.2) is 4.98 Å². The summed E-state index contributed by atoms with van der Waals surface area (Å²) in [6.07, 6.45) is 18.4. The van der Waals surface area contributed by atoms with Crippen molar-refractivity contribution in [2.75, 3.05) is 6.54 Å². The van der Waals surface area contributed by atoms with Gasteiger partial charge in [-0.2, -0.15) is 0 Å². The summed E-state index contributed by atoms with van der Waals surface area (Å²) >= 11 is 1.71. The number of piperidine rings is 1. The Balaban J connectivity index is 1.18. The van der Waals surface area contributed by atoms with Crippen LogP contribution < -0.4 is 5.32 Å². The van der Waals surface area contributed by atoms with Gasteiger partial charge in [-0.15, -0.1) is 11.3 Å². The highest BCUT2D eigenvalue weighted by Crippen LogP contribution is 2.48. The third-order valence-corrected chi connectivity index (χ3v) is 9.62. The van der Waals surface area contributed by atoms with Gasteiger partial charge in [0.25, 0.3) is 5.91 Å². The first kappa shape index (κ1) is 20.9. The molecular weight excluding hydrogens is 390 g/mol. The summed E-state index contributed by atoms with van der Waals surface area (Å²) in [5, 5.41) is 6.63. The molecule has 1 aromatic heterocycles. The molecule has 4 fully saturated rings. The zero-order valence-corrected chi connectivity index (χ0v) is 19.5. The maximum Gasteiger partial charge on any atom is 0.271 e. The number of likely N-dealkylation sites (tertiary alicyclic amines) is 1. The summed E-state index contributed by atoms with van der Waals surface area (Å²) in [5.41, 5.74) is 0.765. The van der Waals surface area contributed by atoms with Crippen molar-refractivity contribution in [3.63, 3.8) is 0 Å². The van der Waals surface area contributed by atoms with Crippen LogP contribution in [0.5, 0.6) is 0 Å². The van der Waals surface area contributed by atoms with Crippen LogP contribution in [0.1, 0.15) is 118 Å². The van der Waals surface area contributed by atoms with Crippen LogP contribution >= 0.6 is 11.3 Å². The van der Waals surface area contributed by atoms with Gasteiger partial charge in [0.1, 0.15) is 5.69 Å². The molecular formula is C25H39N3OS. The van der Waals surface area contributed by atoms with E-state index in [0.29, 0.717) is 23.6 Å². The minimum Gasteiger partial charge on any atom is -0.345 e. The number of aromatic nitrogens is 1. The molecule has 1 aromatic rings. The highest BCUT2D eigenvalue weighted by atomic mass is 32.1. The number of hydrogen-bond acceptors (Lipinski definition) is 4. The first-order valence-electron chi connectivity index (χ1n) is 12.7. The molecule has 4 nitrogen and oxygen atoms in total. The normalized spacial score (nSPS) is 30.8. The van der Waals surface area contributed by atoms with E-state index in [1.807, 2.05) is 5.38 Å². The van der Waals surface area contributed by atoms with Crippen LogP contribution in [0.3, 0.4) is 0 Å². The molecule has 30 heavy (non-hydrogen) atoms. The average molecular weight is 430 g/mol. The maximum atomic E-state index is 13.0. The molecule has 3 saturated carbocycles. The number of carbonyl (C=O) groups excluding carboxylic acids is 1. The third-order valence-electron chi connectivity index (χ3n) is 8.61. The Morgan fingerprint density at radius 1 is 1.07 bits per heavy atom. The first-order chi connectivity index (χ1) is 14.6. The van der Waals surface area contributed by atoms with E-state index in [4.69, 9.17) is 4.98 Å². The smallest absolute Gasteiger partial charge is 0.271 e. The SMILES string of the molecule is CC1CC(c2nc(C(=O)NC3(C4CCCCC4)CC3)cs2)CCN1C1CCCCC1. The van der Waals surface area contributed by atoms with Crippen LogP contribution in [-0.2, 0) is 0 Å². The Kier molecular flexibility index (Phi) is 6.21. The van der Waals surface area contributed by atoms with Crippen molar-refractivity contribution in [3.05, 3.63) is 16.1 Å². The summed E-state index contributed by atoms with van der Waals surface area (Å²) in [6, 6.07) is 1.44. The lowest BCUT2D eigenvalue weighted by molar-refractivity contribution is 0.0732. The van der Waals surface area contributed by atoms with E-state index < -0.39 is 0 Å². The van der Waals surface area contributed by atoms with Gasteiger partial charge in [-0.3, -0.25) is 9.69 Å². The number of rotatable bonds is 5. The minimum absolute atomic E-state index is 0.0771. The molecule has 0 aromatic carbocycles. The first-order valence-corrected chi connectivity index (χ1v) is 13.6. The zero-order valence-electron chi connectivity index (χ0n) is 18.7. The van der Waals surface area contributed by atoms with Gasteiger partial charge in [-0.1, -0.05) is 38.5 Å². The van der Waals surface area contributed by atoms with Crippen molar-refractivity contribution in [1.82, 2.24) is 15.2 Å². The number of nitrogens with zero attached hydrogens (tertiary/aromatic N) is 2. The molecule has 0 spiro atoms. The number of carbonyl (C=O) groups is 1. The lowest BCUT2D eigenvalue weighted by atomic mass is 9.82. The van der Waals surface area contributed by atoms with Crippen molar-refractivity contribution in [1.29, 1.82) is 0 Å². The van der Waals surface area contributed by atoms with Gasteiger partial charge in [0.05, 0.1) is 5.01 Å². The second-order valence-corrected chi connectivity index (χ2v) is 11.5. The third kappa shape index (κ3) is 4.34. The largest absolute Gasteiger partial charge is 0.345 e. The minimum atomic E-state index is 0.0771. The van der Waals surface area contributed by atoms with Gasteiger partial charge < -0.3 is 5.32 Å². The topological polar surface area (TPSA) is 45.2 Å². The molecule has 2 atom stereocenters. The second kappa shape index (κ2) is 8.90. The molecule has 5 rings (SSSR count). The summed E-state index contributed by atoms with van der Waals surface area (Å²) in [5.74, 6) is 1.30. The van der Waals surface area contributed by atoms with E-state index in [0.717, 1.165) is 18.9 Å². The van der Waals surface area contributed by atoms with Crippen LogP contribution in [0.4, 0.5) is 0 Å². The van der Waals surface area contributed by atoms with E-state index >= 15 is 0 Å². The highest BCUT2D eigenvalue weighted by Gasteiger charge is 2.50. The molecule has 2 unspecified atom stereocenters. The Morgan fingerprint density at radius 2 is 1.77 bits per heavy atom. The maximum absolute atomic E-state index is 13.0. The van der Waals surface area contributed by atoms with Gasteiger partial charge in [0, 0.05) is 28.9 Å². The molecule has 5 heteroatoms. The van der Waals surface area contributed by atoms with Gasteiger partial charge in [-0.05, 0) is 70.8 Å². The monoisotopic (exact) mass is 429 g/mol. The molecule has 3 aliphatic carbocycles. The standard InChI is InChI=1S/C25H39N3OS/c1-18-16-19(12-15-28(18)21-10-6-3-7-11-21)24-26-22(17-30-24)23(29)27-25(13-14-25)20-8-4-2-5-9-20/h17-21H,2-16H2,1H3,(H,27,29). The summed E-state index contributed by atoms with van der Waals surface area (Å²) < 4.78 is 0. The second-order valence-electron chi connectivity index (χ2n) is 10.6. The summed E-state index contributed by atoms with van der Waals surface area (Å²) in [6.45, 7) is 3.60. The van der Waals surface area contributed by atoms with Crippen LogP contribution in [0.2, 0.25) is 0 Å². The molecule has 166 valence electrons. The van der Waals surface area contributed by atoms with Crippen LogP contribution in [0.15, 0.2) is 5.38 Å². The fourth-order valence-corrected chi connectivity index (χ4v) is 7.61. The molecule has 1 N–H and O–H groups in total. The summed E-state index contributed by atoms with van der Waals surface area (Å²) in [4.78, 5) is 20.6. The fourth-order valence-electron chi connectivity index (χ4n) is 6.66. The Hall–Kier alpha value is -0.940. The Morgan fingerprint density at radius 3 is 2.43 bits per heavy atom. The molecule has 0 bridgehead atoms. The van der Waals surface area contributed by atoms with Crippen LogP contribution in [-0.4, -0.2) is 40.0 Å². The number of thiazole rings is 1. The Bertz CT molecular complexity index is 731. The molecule has 4 aliphatic rings. The number of amides is 1. The quantitative estimate of drug-likeness (QED) is 0.635. The summed E-state index contributed by atoms with van der Waals surface area (Å²) in [7, 11) is 0. The Labute approximate surface area is 186 Å². The van der Waals surface area contributed by atoms with Crippen LogP contribution in [0, 0.1) is 5.92 Å². The van der Waals surface area contributed by atoms with E-state index in [9.17, 15) is 4.79 Å².